The molecule has 1 unspecified atom stereocenters. The van der Waals surface area contributed by atoms with Crippen molar-refractivity contribution in [3.63, 3.8) is 0 Å². The average molecular weight is 332 g/mol. The normalized spacial score (nSPS) is 18.7. The smallest absolute Gasteiger partial charge is 0.150 e. The molecule has 1 fully saturated rings. The van der Waals surface area contributed by atoms with Crippen molar-refractivity contribution in [3.8, 4) is 17.2 Å². The molecule has 0 bridgehead atoms. The van der Waals surface area contributed by atoms with E-state index in [1.165, 1.54) is 6.42 Å². The highest BCUT2D eigenvalue weighted by Gasteiger charge is 2.16. The zero-order chi connectivity index (χ0) is 13.9. The van der Waals surface area contributed by atoms with Crippen LogP contribution in [-0.4, -0.2) is 16.4 Å². The molecule has 0 spiro atoms. The Kier molecular flexibility index (Phi) is 3.86. The first-order chi connectivity index (χ1) is 9.78. The maximum Gasteiger partial charge on any atom is 0.150 e. The third-order valence-corrected chi connectivity index (χ3v) is 4.16. The predicted molar refractivity (Wildman–Crippen MR) is 78.9 cm³/mol. The summed E-state index contributed by atoms with van der Waals surface area (Å²) in [5.41, 5.74) is 2.62. The predicted octanol–water partition coefficient (Wildman–Crippen LogP) is 3.88. The fourth-order valence-corrected chi connectivity index (χ4v) is 2.70. The number of ether oxygens (including phenoxy) is 1. The number of nitrogens with zero attached hydrogens (tertiary/aromatic N) is 3. The van der Waals surface area contributed by atoms with Gasteiger partial charge in [-0.2, -0.15) is 10.4 Å². The summed E-state index contributed by atoms with van der Waals surface area (Å²) in [7, 11) is 0. The van der Waals surface area contributed by atoms with Crippen molar-refractivity contribution in [3.05, 3.63) is 40.6 Å². The van der Waals surface area contributed by atoms with Crippen LogP contribution in [0.5, 0.6) is 0 Å². The van der Waals surface area contributed by atoms with Crippen LogP contribution in [0.3, 0.4) is 0 Å². The number of benzene rings is 1. The van der Waals surface area contributed by atoms with E-state index in [0.29, 0.717) is 5.56 Å². The summed E-state index contributed by atoms with van der Waals surface area (Å²) < 4.78 is 8.41. The number of aromatic nitrogens is 2. The van der Waals surface area contributed by atoms with E-state index in [0.717, 1.165) is 35.0 Å². The summed E-state index contributed by atoms with van der Waals surface area (Å²) in [5.74, 6) is 0. The van der Waals surface area contributed by atoms with Gasteiger partial charge in [-0.25, -0.2) is 4.68 Å². The molecule has 0 N–H and O–H groups in total. The molecule has 1 atom stereocenters. The van der Waals surface area contributed by atoms with Crippen LogP contribution in [0.2, 0.25) is 0 Å². The van der Waals surface area contributed by atoms with Gasteiger partial charge >= 0.3 is 0 Å². The van der Waals surface area contributed by atoms with E-state index in [4.69, 9.17) is 10.00 Å². The summed E-state index contributed by atoms with van der Waals surface area (Å²) in [5, 5.41) is 13.5. The van der Waals surface area contributed by atoms with E-state index < -0.39 is 0 Å². The Morgan fingerprint density at radius 2 is 2.25 bits per heavy atom. The molecule has 4 nitrogen and oxygen atoms in total. The summed E-state index contributed by atoms with van der Waals surface area (Å²) in [6, 6.07) is 7.92. The van der Waals surface area contributed by atoms with Crippen molar-refractivity contribution in [2.24, 2.45) is 0 Å². The Morgan fingerprint density at radius 1 is 1.35 bits per heavy atom. The van der Waals surface area contributed by atoms with Gasteiger partial charge in [0.1, 0.15) is 12.3 Å². The van der Waals surface area contributed by atoms with Crippen molar-refractivity contribution in [2.75, 3.05) is 6.61 Å². The SMILES string of the molecule is N#Cc1cc(-c2cnn(C3CCCCO3)c2)ccc1Br. The van der Waals surface area contributed by atoms with Crippen LogP contribution in [0, 0.1) is 11.3 Å². The van der Waals surface area contributed by atoms with Gasteiger partial charge in [0.25, 0.3) is 0 Å². The van der Waals surface area contributed by atoms with Crippen LogP contribution in [0.1, 0.15) is 31.1 Å². The van der Waals surface area contributed by atoms with Crippen LogP contribution in [0.4, 0.5) is 0 Å². The standard InChI is InChI=1S/C15H14BrN3O/c16-14-5-4-11(7-12(14)8-17)13-9-18-19(10-13)15-3-1-2-6-20-15/h4-5,7,9-10,15H,1-3,6H2. The van der Waals surface area contributed by atoms with Gasteiger partial charge in [0.15, 0.2) is 0 Å². The largest absolute Gasteiger partial charge is 0.357 e. The lowest BCUT2D eigenvalue weighted by Crippen LogP contribution is -2.18. The van der Waals surface area contributed by atoms with Crippen LogP contribution in [-0.2, 0) is 4.74 Å². The van der Waals surface area contributed by atoms with E-state index in [1.807, 2.05) is 35.3 Å². The van der Waals surface area contributed by atoms with Crippen LogP contribution in [0.15, 0.2) is 35.1 Å². The topological polar surface area (TPSA) is 50.8 Å². The van der Waals surface area contributed by atoms with E-state index in [9.17, 15) is 0 Å². The third-order valence-electron chi connectivity index (χ3n) is 3.47. The second-order valence-electron chi connectivity index (χ2n) is 4.84. The van der Waals surface area contributed by atoms with Crippen LogP contribution >= 0.6 is 15.9 Å². The Hall–Kier alpha value is -1.64. The second-order valence-corrected chi connectivity index (χ2v) is 5.69. The number of rotatable bonds is 2. The highest BCUT2D eigenvalue weighted by molar-refractivity contribution is 9.10. The molecule has 1 aliphatic heterocycles. The van der Waals surface area contributed by atoms with Crippen molar-refractivity contribution >= 4 is 15.9 Å². The highest BCUT2D eigenvalue weighted by atomic mass is 79.9. The molecular formula is C15H14BrN3O. The Labute approximate surface area is 126 Å². The molecule has 0 aliphatic carbocycles. The van der Waals surface area contributed by atoms with Crippen molar-refractivity contribution in [1.82, 2.24) is 9.78 Å². The lowest BCUT2D eigenvalue weighted by atomic mass is 10.1. The van der Waals surface area contributed by atoms with Gasteiger partial charge in [0.05, 0.1) is 11.8 Å². The van der Waals surface area contributed by atoms with Gasteiger partial charge in [-0.05, 0) is 52.9 Å². The minimum atomic E-state index is 0.0448. The fraction of sp³-hybridized carbons (Fsp3) is 0.333. The number of hydrogen-bond donors (Lipinski definition) is 0. The number of halogens is 1. The lowest BCUT2D eigenvalue weighted by molar-refractivity contribution is -0.0394. The maximum atomic E-state index is 9.08. The molecule has 2 heterocycles. The summed E-state index contributed by atoms with van der Waals surface area (Å²) in [6.45, 7) is 0.802. The molecule has 2 aromatic rings. The van der Waals surface area contributed by atoms with Crippen LogP contribution < -0.4 is 0 Å². The molecule has 3 rings (SSSR count). The van der Waals surface area contributed by atoms with Crippen molar-refractivity contribution < 1.29 is 4.74 Å². The molecule has 20 heavy (non-hydrogen) atoms. The van der Waals surface area contributed by atoms with Gasteiger partial charge in [-0.1, -0.05) is 6.07 Å². The first-order valence-electron chi connectivity index (χ1n) is 6.64. The lowest BCUT2D eigenvalue weighted by Gasteiger charge is -2.22. The fourth-order valence-electron chi connectivity index (χ4n) is 2.37. The van der Waals surface area contributed by atoms with E-state index in [1.54, 1.807) is 0 Å². The van der Waals surface area contributed by atoms with Gasteiger partial charge in [0, 0.05) is 22.8 Å². The first-order valence-corrected chi connectivity index (χ1v) is 7.43. The molecule has 1 aromatic heterocycles. The second kappa shape index (κ2) is 5.78. The zero-order valence-electron chi connectivity index (χ0n) is 10.9. The summed E-state index contributed by atoms with van der Waals surface area (Å²) in [6.07, 6.45) is 7.16. The quantitative estimate of drug-likeness (QED) is 0.838. The van der Waals surface area contributed by atoms with Crippen molar-refractivity contribution in [1.29, 1.82) is 5.26 Å². The molecule has 102 valence electrons. The van der Waals surface area contributed by atoms with Crippen LogP contribution in [0.25, 0.3) is 11.1 Å². The van der Waals surface area contributed by atoms with Gasteiger partial charge in [0.2, 0.25) is 0 Å². The highest BCUT2D eigenvalue weighted by Crippen LogP contribution is 2.27. The number of nitriles is 1. The summed E-state index contributed by atoms with van der Waals surface area (Å²) in [4.78, 5) is 0. The molecule has 1 aromatic carbocycles. The Bertz CT molecular complexity index is 653. The van der Waals surface area contributed by atoms with Gasteiger partial charge in [-0.3, -0.25) is 0 Å². The van der Waals surface area contributed by atoms with Gasteiger partial charge < -0.3 is 4.74 Å². The van der Waals surface area contributed by atoms with Gasteiger partial charge in [-0.15, -0.1) is 0 Å². The van der Waals surface area contributed by atoms with E-state index in [2.05, 4.69) is 27.1 Å². The molecule has 1 aliphatic rings. The third kappa shape index (κ3) is 2.62. The molecule has 0 amide bonds. The Morgan fingerprint density at radius 3 is 3.00 bits per heavy atom. The minimum absolute atomic E-state index is 0.0448. The maximum absolute atomic E-state index is 9.08. The molecule has 0 saturated carbocycles. The van der Waals surface area contributed by atoms with E-state index >= 15 is 0 Å². The van der Waals surface area contributed by atoms with Crippen molar-refractivity contribution in [2.45, 2.75) is 25.5 Å². The molecule has 0 radical (unpaired) electrons. The molecule has 5 heteroatoms. The monoisotopic (exact) mass is 331 g/mol. The Balaban J connectivity index is 1.88. The summed E-state index contributed by atoms with van der Waals surface area (Å²) >= 11 is 3.37. The number of hydrogen-bond acceptors (Lipinski definition) is 3. The zero-order valence-corrected chi connectivity index (χ0v) is 12.5. The molecular weight excluding hydrogens is 318 g/mol. The minimum Gasteiger partial charge on any atom is -0.357 e. The molecule has 1 saturated heterocycles. The average Bonchev–Trinajstić information content (AvgIpc) is 2.98. The first kappa shape index (κ1) is 13.3. The van der Waals surface area contributed by atoms with E-state index in [-0.39, 0.29) is 6.23 Å².